The van der Waals surface area contributed by atoms with Crippen LogP contribution in [-0.4, -0.2) is 38.2 Å². The van der Waals surface area contributed by atoms with Crippen LogP contribution in [0.2, 0.25) is 0 Å². The normalized spacial score (nSPS) is 22.6. The van der Waals surface area contributed by atoms with Gasteiger partial charge in [0.2, 0.25) is 0 Å². The minimum Gasteiger partial charge on any atom is -0.353 e. The van der Waals surface area contributed by atoms with Crippen molar-refractivity contribution in [2.75, 3.05) is 11.4 Å². The molecule has 1 aliphatic carbocycles. The molecule has 0 atom stereocenters. The minimum absolute atomic E-state index is 0.371. The van der Waals surface area contributed by atoms with Crippen LogP contribution in [0.1, 0.15) is 44.7 Å². The summed E-state index contributed by atoms with van der Waals surface area (Å²) in [6.07, 6.45) is 7.20. The van der Waals surface area contributed by atoms with Gasteiger partial charge < -0.3 is 10.6 Å². The molecular formula is C15H24N6. The zero-order valence-electron chi connectivity index (χ0n) is 12.9. The molecule has 0 unspecified atom stereocenters. The Bertz CT molecular complexity index is 599. The van der Waals surface area contributed by atoms with Crippen LogP contribution < -0.4 is 10.6 Å². The first-order chi connectivity index (χ1) is 10.2. The molecule has 0 bridgehead atoms. The third-order valence-corrected chi connectivity index (χ3v) is 4.30. The largest absolute Gasteiger partial charge is 0.353 e. The molecule has 2 aromatic rings. The van der Waals surface area contributed by atoms with Gasteiger partial charge in [-0.25, -0.2) is 4.98 Å². The Morgan fingerprint density at radius 2 is 2.10 bits per heavy atom. The van der Waals surface area contributed by atoms with E-state index >= 15 is 0 Å². The number of fused-ring (bicyclic) bond motifs is 1. The summed E-state index contributed by atoms with van der Waals surface area (Å²) in [5, 5.41) is 4.35. The molecule has 0 aliphatic heterocycles. The monoisotopic (exact) mass is 288 g/mol. The fourth-order valence-corrected chi connectivity index (χ4v) is 3.25. The summed E-state index contributed by atoms with van der Waals surface area (Å²) in [6, 6.07) is 3.03. The summed E-state index contributed by atoms with van der Waals surface area (Å²) in [5.41, 5.74) is 7.04. The Hall–Kier alpha value is -1.69. The number of nitrogens with two attached hydrogens (primary N) is 1. The van der Waals surface area contributed by atoms with Crippen molar-refractivity contribution in [3.8, 4) is 0 Å². The van der Waals surface area contributed by atoms with Crippen LogP contribution >= 0.6 is 0 Å². The van der Waals surface area contributed by atoms with Crippen LogP contribution in [0.15, 0.2) is 12.4 Å². The van der Waals surface area contributed by atoms with Crippen LogP contribution in [0, 0.1) is 6.92 Å². The van der Waals surface area contributed by atoms with Gasteiger partial charge in [0.15, 0.2) is 0 Å². The van der Waals surface area contributed by atoms with Crippen molar-refractivity contribution in [3.05, 3.63) is 18.1 Å². The molecule has 0 aromatic carbocycles. The molecule has 0 saturated heterocycles. The number of aryl methyl sites for hydroxylation is 1. The van der Waals surface area contributed by atoms with Gasteiger partial charge in [-0.05, 0) is 39.0 Å². The molecule has 21 heavy (non-hydrogen) atoms. The summed E-state index contributed by atoms with van der Waals surface area (Å²) in [4.78, 5) is 11.1. The molecule has 114 valence electrons. The Balaban J connectivity index is 1.97. The van der Waals surface area contributed by atoms with Crippen LogP contribution in [-0.2, 0) is 0 Å². The highest BCUT2D eigenvalue weighted by Gasteiger charge is 2.26. The quantitative estimate of drug-likeness (QED) is 0.930. The second-order valence-electron chi connectivity index (χ2n) is 5.99. The molecule has 0 radical (unpaired) electrons. The Labute approximate surface area is 125 Å². The topological polar surface area (TPSA) is 72.3 Å². The van der Waals surface area contributed by atoms with Crippen LogP contribution in [0.3, 0.4) is 0 Å². The van der Waals surface area contributed by atoms with Gasteiger partial charge in [-0.1, -0.05) is 6.92 Å². The predicted octanol–water partition coefficient (Wildman–Crippen LogP) is 1.92. The lowest BCUT2D eigenvalue weighted by molar-refractivity contribution is 0.373. The molecule has 1 fully saturated rings. The second kappa shape index (κ2) is 5.97. The van der Waals surface area contributed by atoms with E-state index in [4.69, 9.17) is 5.73 Å². The van der Waals surface area contributed by atoms with Gasteiger partial charge in [-0.2, -0.15) is 14.6 Å². The first-order valence-corrected chi connectivity index (χ1v) is 7.88. The van der Waals surface area contributed by atoms with E-state index in [-0.39, 0.29) is 0 Å². The predicted molar refractivity (Wildman–Crippen MR) is 83.4 cm³/mol. The second-order valence-corrected chi connectivity index (χ2v) is 5.99. The van der Waals surface area contributed by atoms with E-state index in [0.29, 0.717) is 17.9 Å². The van der Waals surface area contributed by atoms with Gasteiger partial charge >= 0.3 is 0 Å². The van der Waals surface area contributed by atoms with Gasteiger partial charge in [0.1, 0.15) is 12.1 Å². The number of hydrogen-bond donors (Lipinski definition) is 1. The Morgan fingerprint density at radius 1 is 1.33 bits per heavy atom. The summed E-state index contributed by atoms with van der Waals surface area (Å²) >= 11 is 0. The van der Waals surface area contributed by atoms with Crippen molar-refractivity contribution in [1.82, 2.24) is 19.6 Å². The third kappa shape index (κ3) is 2.85. The van der Waals surface area contributed by atoms with E-state index in [1.54, 1.807) is 6.33 Å². The minimum atomic E-state index is 0.371. The Kier molecular flexibility index (Phi) is 4.05. The molecule has 0 amide bonds. The fourth-order valence-electron chi connectivity index (χ4n) is 3.25. The van der Waals surface area contributed by atoms with Crippen molar-refractivity contribution in [2.24, 2.45) is 5.73 Å². The van der Waals surface area contributed by atoms with E-state index in [9.17, 15) is 0 Å². The maximum Gasteiger partial charge on any atom is 0.254 e. The Morgan fingerprint density at radius 3 is 2.81 bits per heavy atom. The molecule has 2 heterocycles. The molecule has 1 saturated carbocycles. The first kappa shape index (κ1) is 14.3. The van der Waals surface area contributed by atoms with Crippen molar-refractivity contribution in [1.29, 1.82) is 0 Å². The zero-order valence-corrected chi connectivity index (χ0v) is 12.9. The number of anilines is 1. The van der Waals surface area contributed by atoms with E-state index in [1.807, 2.05) is 11.4 Å². The van der Waals surface area contributed by atoms with E-state index in [0.717, 1.165) is 50.2 Å². The SMILES string of the molecule is CCCN(c1cc(C)nc2ncnn12)C1CCC(N)CC1. The van der Waals surface area contributed by atoms with Crippen LogP contribution in [0.25, 0.3) is 5.78 Å². The summed E-state index contributed by atoms with van der Waals surface area (Å²) < 4.78 is 1.86. The summed E-state index contributed by atoms with van der Waals surface area (Å²) in [6.45, 7) is 5.26. The molecule has 1 aliphatic rings. The average molecular weight is 288 g/mol. The van der Waals surface area contributed by atoms with Gasteiger partial charge in [0.25, 0.3) is 5.78 Å². The molecule has 2 aromatic heterocycles. The van der Waals surface area contributed by atoms with E-state index in [2.05, 4.69) is 33.0 Å². The highest BCUT2D eigenvalue weighted by atomic mass is 15.4. The molecule has 3 rings (SSSR count). The highest BCUT2D eigenvalue weighted by molar-refractivity contribution is 5.48. The average Bonchev–Trinajstić information content (AvgIpc) is 2.93. The maximum absolute atomic E-state index is 6.05. The van der Waals surface area contributed by atoms with Crippen LogP contribution in [0.4, 0.5) is 5.82 Å². The number of aromatic nitrogens is 4. The first-order valence-electron chi connectivity index (χ1n) is 7.88. The fraction of sp³-hybridized carbons (Fsp3) is 0.667. The maximum atomic E-state index is 6.05. The summed E-state index contributed by atoms with van der Waals surface area (Å²) in [5.74, 6) is 1.79. The summed E-state index contributed by atoms with van der Waals surface area (Å²) in [7, 11) is 0. The smallest absolute Gasteiger partial charge is 0.254 e. The number of rotatable bonds is 4. The molecule has 6 nitrogen and oxygen atoms in total. The van der Waals surface area contributed by atoms with E-state index in [1.165, 1.54) is 0 Å². The van der Waals surface area contributed by atoms with Gasteiger partial charge in [-0.3, -0.25) is 0 Å². The van der Waals surface area contributed by atoms with Crippen molar-refractivity contribution >= 4 is 11.6 Å². The number of nitrogens with zero attached hydrogens (tertiary/aromatic N) is 5. The molecular weight excluding hydrogens is 264 g/mol. The molecule has 0 spiro atoms. The lowest BCUT2D eigenvalue weighted by Crippen LogP contribution is -2.42. The lowest BCUT2D eigenvalue weighted by Gasteiger charge is -2.37. The van der Waals surface area contributed by atoms with Crippen molar-refractivity contribution in [3.63, 3.8) is 0 Å². The van der Waals surface area contributed by atoms with Crippen molar-refractivity contribution < 1.29 is 0 Å². The number of hydrogen-bond acceptors (Lipinski definition) is 5. The standard InChI is InChI=1S/C15H24N6/c1-3-8-20(13-6-4-12(16)5-7-13)14-9-11(2)19-15-17-10-18-21(14)15/h9-10,12-13H,3-8,16H2,1-2H3. The molecule has 2 N–H and O–H groups in total. The zero-order chi connectivity index (χ0) is 14.8. The third-order valence-electron chi connectivity index (χ3n) is 4.30. The van der Waals surface area contributed by atoms with Gasteiger partial charge in [0.05, 0.1) is 0 Å². The van der Waals surface area contributed by atoms with Gasteiger partial charge in [-0.15, -0.1) is 0 Å². The van der Waals surface area contributed by atoms with Gasteiger partial charge in [0, 0.05) is 30.4 Å². The highest BCUT2D eigenvalue weighted by Crippen LogP contribution is 2.27. The van der Waals surface area contributed by atoms with E-state index < -0.39 is 0 Å². The lowest BCUT2D eigenvalue weighted by atomic mass is 9.90. The molecule has 6 heteroatoms. The van der Waals surface area contributed by atoms with Crippen LogP contribution in [0.5, 0.6) is 0 Å². The van der Waals surface area contributed by atoms with Crippen molar-refractivity contribution in [2.45, 2.75) is 58.0 Å².